The summed E-state index contributed by atoms with van der Waals surface area (Å²) < 4.78 is 11.3. The molecule has 2 aliphatic carbocycles. The number of carbonyl (C=O) groups is 2. The van der Waals surface area contributed by atoms with E-state index in [0.717, 1.165) is 11.3 Å². The van der Waals surface area contributed by atoms with E-state index in [1.54, 1.807) is 36.3 Å². The third-order valence-electron chi connectivity index (χ3n) is 9.47. The second-order valence-corrected chi connectivity index (χ2v) is 10.8. The number of likely N-dealkylation sites (tertiary alicyclic amines) is 1. The van der Waals surface area contributed by atoms with Crippen LogP contribution in [0.1, 0.15) is 22.3 Å². The standard InChI is InChI=1S/C30H31N3O5/c1-32-24(16-31)29(14-15-34)21-12-13-30(22-10-6-7-11-23(22)33(18-37-2)28(30)36)26(29)25(32)20(21)17-38-27(35)19-8-4-3-5-9-19/h3-13,20-21,24-26,34H,14-15,17-18H2,1-2H3/t20-,21+,24-,25+,26-,29+,30+/m0/s1. The van der Waals surface area contributed by atoms with Crippen LogP contribution in [0.15, 0.2) is 66.7 Å². The zero-order chi connectivity index (χ0) is 26.7. The van der Waals surface area contributed by atoms with Crippen LogP contribution in [-0.2, 0) is 19.7 Å². The summed E-state index contributed by atoms with van der Waals surface area (Å²) in [4.78, 5) is 31.0. The number of benzene rings is 2. The van der Waals surface area contributed by atoms with Crippen molar-refractivity contribution in [3.8, 4) is 6.07 Å². The maximum atomic E-state index is 14.4. The van der Waals surface area contributed by atoms with Crippen molar-refractivity contribution in [3.05, 3.63) is 77.9 Å². The molecule has 0 unspecified atom stereocenters. The van der Waals surface area contributed by atoms with E-state index >= 15 is 0 Å². The van der Waals surface area contributed by atoms with Gasteiger partial charge in [-0.1, -0.05) is 48.6 Å². The molecule has 4 aliphatic rings. The lowest BCUT2D eigenvalue weighted by Crippen LogP contribution is -2.55. The minimum absolute atomic E-state index is 0.0820. The van der Waals surface area contributed by atoms with Gasteiger partial charge in [0.1, 0.15) is 12.8 Å². The Hall–Kier alpha value is -3.51. The van der Waals surface area contributed by atoms with Gasteiger partial charge in [0.25, 0.3) is 0 Å². The molecule has 0 radical (unpaired) electrons. The van der Waals surface area contributed by atoms with Gasteiger partial charge in [0.2, 0.25) is 5.91 Å². The number of ether oxygens (including phenoxy) is 2. The van der Waals surface area contributed by atoms with Crippen molar-refractivity contribution in [3.63, 3.8) is 0 Å². The monoisotopic (exact) mass is 513 g/mol. The highest BCUT2D eigenvalue weighted by Gasteiger charge is 2.78. The van der Waals surface area contributed by atoms with Crippen LogP contribution >= 0.6 is 0 Å². The number of nitriles is 1. The highest BCUT2D eigenvalue weighted by molar-refractivity contribution is 6.10. The second-order valence-electron chi connectivity index (χ2n) is 10.8. The first-order valence-corrected chi connectivity index (χ1v) is 13.0. The van der Waals surface area contributed by atoms with Crippen molar-refractivity contribution >= 4 is 17.6 Å². The molecule has 2 fully saturated rings. The van der Waals surface area contributed by atoms with Crippen LogP contribution in [0.3, 0.4) is 0 Å². The van der Waals surface area contributed by atoms with Gasteiger partial charge < -0.3 is 14.6 Å². The molecule has 0 aromatic heterocycles. The number of aliphatic hydroxyl groups excluding tert-OH is 1. The van der Waals surface area contributed by atoms with Gasteiger partial charge in [-0.15, -0.1) is 0 Å². The summed E-state index contributed by atoms with van der Waals surface area (Å²) in [6.07, 6.45) is 4.46. The van der Waals surface area contributed by atoms with E-state index in [0.29, 0.717) is 12.0 Å². The minimum atomic E-state index is -1.01. The average molecular weight is 514 g/mol. The fraction of sp³-hybridized carbons (Fsp3) is 0.433. The van der Waals surface area contributed by atoms with Gasteiger partial charge in [-0.2, -0.15) is 5.26 Å². The number of para-hydroxylation sites is 1. The number of amides is 1. The Morgan fingerprint density at radius 1 is 1.16 bits per heavy atom. The zero-order valence-electron chi connectivity index (χ0n) is 21.5. The number of allylic oxidation sites excluding steroid dienone is 1. The van der Waals surface area contributed by atoms with Crippen molar-refractivity contribution < 1.29 is 24.2 Å². The van der Waals surface area contributed by atoms with Gasteiger partial charge in [0, 0.05) is 37.0 Å². The Kier molecular flexibility index (Phi) is 5.91. The summed E-state index contributed by atoms with van der Waals surface area (Å²) in [5.74, 6) is -1.04. The van der Waals surface area contributed by atoms with Crippen LogP contribution < -0.4 is 4.90 Å². The third kappa shape index (κ3) is 3.01. The van der Waals surface area contributed by atoms with E-state index in [9.17, 15) is 20.0 Å². The Morgan fingerprint density at radius 3 is 2.61 bits per heavy atom. The Bertz CT molecular complexity index is 1340. The third-order valence-corrected chi connectivity index (χ3v) is 9.47. The molecule has 8 nitrogen and oxygen atoms in total. The van der Waals surface area contributed by atoms with Gasteiger partial charge in [-0.25, -0.2) is 4.79 Å². The summed E-state index contributed by atoms with van der Waals surface area (Å²) in [5, 5.41) is 20.7. The molecule has 1 spiro atoms. The quantitative estimate of drug-likeness (QED) is 0.449. The molecule has 1 saturated carbocycles. The highest BCUT2D eigenvalue weighted by atomic mass is 16.5. The van der Waals surface area contributed by atoms with E-state index in [2.05, 4.69) is 17.0 Å². The van der Waals surface area contributed by atoms with E-state index in [4.69, 9.17) is 9.47 Å². The SMILES string of the molecule is COCN1C(=O)[C@]2(C=C[C@@H]3[C@H](COC(=O)c4ccccc4)[C@@H]4[C@H]2[C@@]3(CCO)[C@H](C#N)N4C)c2ccccc21. The number of fused-ring (bicyclic) bond motifs is 2. The molecular formula is C30H31N3O5. The molecule has 38 heavy (non-hydrogen) atoms. The van der Waals surface area contributed by atoms with Crippen molar-refractivity contribution in [2.45, 2.75) is 23.9 Å². The summed E-state index contributed by atoms with van der Waals surface area (Å²) in [6, 6.07) is 18.5. The first kappa shape index (κ1) is 24.8. The molecule has 1 saturated heterocycles. The highest BCUT2D eigenvalue weighted by Crippen LogP contribution is 2.72. The van der Waals surface area contributed by atoms with Crippen LogP contribution in [0.4, 0.5) is 5.69 Å². The Labute approximate surface area is 222 Å². The van der Waals surface area contributed by atoms with Gasteiger partial charge in [0.15, 0.2) is 0 Å². The number of nitrogens with zero attached hydrogens (tertiary/aromatic N) is 3. The van der Waals surface area contributed by atoms with Gasteiger partial charge >= 0.3 is 5.97 Å². The van der Waals surface area contributed by atoms with Crippen molar-refractivity contribution in [2.24, 2.45) is 23.2 Å². The number of esters is 1. The molecule has 1 amide bonds. The number of aliphatic hydroxyl groups is 1. The fourth-order valence-corrected chi connectivity index (χ4v) is 8.32. The Morgan fingerprint density at radius 2 is 1.89 bits per heavy atom. The van der Waals surface area contributed by atoms with Crippen LogP contribution in [0.5, 0.6) is 0 Å². The van der Waals surface area contributed by atoms with Gasteiger partial charge in [0.05, 0.1) is 29.3 Å². The lowest BCUT2D eigenvalue weighted by atomic mass is 9.53. The molecule has 2 aliphatic heterocycles. The normalized spacial score (nSPS) is 34.5. The lowest BCUT2D eigenvalue weighted by molar-refractivity contribution is -0.126. The first-order valence-electron chi connectivity index (χ1n) is 13.0. The molecule has 6 rings (SSSR count). The summed E-state index contributed by atoms with van der Waals surface area (Å²) in [6.45, 7) is 0.173. The number of carbonyl (C=O) groups excluding carboxylic acids is 2. The lowest BCUT2D eigenvalue weighted by Gasteiger charge is -2.49. The van der Waals surface area contributed by atoms with Crippen LogP contribution in [-0.4, -0.2) is 68.1 Å². The molecular weight excluding hydrogens is 482 g/mol. The number of rotatable bonds is 7. The maximum Gasteiger partial charge on any atom is 0.338 e. The van der Waals surface area contributed by atoms with Gasteiger partial charge in [-0.05, 0) is 43.1 Å². The summed E-state index contributed by atoms with van der Waals surface area (Å²) in [5.41, 5.74) is 0.477. The molecule has 2 aromatic rings. The predicted octanol–water partition coefficient (Wildman–Crippen LogP) is 2.74. The first-order chi connectivity index (χ1) is 18.5. The molecule has 1 N–H and O–H groups in total. The summed E-state index contributed by atoms with van der Waals surface area (Å²) in [7, 11) is 3.49. The number of methoxy groups -OCH3 is 1. The minimum Gasteiger partial charge on any atom is -0.462 e. The smallest absolute Gasteiger partial charge is 0.338 e. The van der Waals surface area contributed by atoms with Crippen molar-refractivity contribution in [1.29, 1.82) is 5.26 Å². The van der Waals surface area contributed by atoms with E-state index in [-0.39, 0.29) is 49.6 Å². The van der Waals surface area contributed by atoms with E-state index in [1.807, 2.05) is 43.5 Å². The molecule has 2 heterocycles. The van der Waals surface area contributed by atoms with Gasteiger partial charge in [-0.3, -0.25) is 14.6 Å². The Balaban J connectivity index is 1.46. The van der Waals surface area contributed by atoms with Crippen LogP contribution in [0.2, 0.25) is 0 Å². The predicted molar refractivity (Wildman–Crippen MR) is 139 cm³/mol. The number of hydrogen-bond acceptors (Lipinski definition) is 7. The van der Waals surface area contributed by atoms with E-state index in [1.165, 1.54) is 0 Å². The largest absolute Gasteiger partial charge is 0.462 e. The van der Waals surface area contributed by atoms with Crippen LogP contribution in [0, 0.1) is 34.5 Å². The fourth-order valence-electron chi connectivity index (χ4n) is 8.32. The molecule has 4 bridgehead atoms. The second kappa shape index (κ2) is 9.05. The molecule has 8 heteroatoms. The molecule has 2 aromatic carbocycles. The van der Waals surface area contributed by atoms with Crippen molar-refractivity contribution in [2.75, 3.05) is 39.0 Å². The van der Waals surface area contributed by atoms with Crippen LogP contribution in [0.25, 0.3) is 0 Å². The summed E-state index contributed by atoms with van der Waals surface area (Å²) >= 11 is 0. The topological polar surface area (TPSA) is 103 Å². The molecule has 196 valence electrons. The average Bonchev–Trinajstić information content (AvgIpc) is 3.39. The van der Waals surface area contributed by atoms with Crippen molar-refractivity contribution in [1.82, 2.24) is 4.90 Å². The van der Waals surface area contributed by atoms with E-state index < -0.39 is 22.8 Å². The number of anilines is 1. The number of hydrogen-bond donors (Lipinski definition) is 1. The molecule has 7 atom stereocenters. The zero-order valence-corrected chi connectivity index (χ0v) is 21.5. The maximum absolute atomic E-state index is 14.4. The number of piperidine rings is 1.